The Hall–Kier alpha value is -2.13. The van der Waals surface area contributed by atoms with Crippen molar-refractivity contribution in [3.05, 3.63) is 35.5 Å². The Labute approximate surface area is 147 Å². The Balaban J connectivity index is 1.74. The number of methoxy groups -OCH3 is 1. The van der Waals surface area contributed by atoms with Crippen LogP contribution in [0, 0.1) is 6.92 Å². The van der Waals surface area contributed by atoms with E-state index in [4.69, 9.17) is 9.15 Å². The highest BCUT2D eigenvalue weighted by molar-refractivity contribution is 7.93. The van der Waals surface area contributed by atoms with E-state index in [1.54, 1.807) is 12.1 Å². The molecule has 9 heteroatoms. The van der Waals surface area contributed by atoms with Crippen LogP contribution in [0.1, 0.15) is 36.7 Å². The molecule has 2 atom stereocenters. The number of benzene rings is 1. The predicted octanol–water partition coefficient (Wildman–Crippen LogP) is 1.79. The minimum atomic E-state index is -3.58. The van der Waals surface area contributed by atoms with Crippen LogP contribution in [-0.2, 0) is 16.4 Å². The number of nitrogens with one attached hydrogen (secondary N) is 2. The van der Waals surface area contributed by atoms with E-state index in [1.165, 1.54) is 7.11 Å². The summed E-state index contributed by atoms with van der Waals surface area (Å²) in [6.45, 7) is 4.13. The van der Waals surface area contributed by atoms with E-state index in [2.05, 4.69) is 20.2 Å². The van der Waals surface area contributed by atoms with E-state index in [1.807, 2.05) is 19.9 Å². The first-order valence-corrected chi connectivity index (χ1v) is 9.69. The van der Waals surface area contributed by atoms with Crippen LogP contribution in [0.25, 0.3) is 0 Å². The van der Waals surface area contributed by atoms with Gasteiger partial charge in [0.2, 0.25) is 21.8 Å². The van der Waals surface area contributed by atoms with Crippen LogP contribution in [0.4, 0.5) is 5.69 Å². The molecule has 25 heavy (non-hydrogen) atoms. The molecule has 0 aliphatic carbocycles. The van der Waals surface area contributed by atoms with E-state index in [-0.39, 0.29) is 6.04 Å². The SMILES string of the molecule is CCc1nnc(C2CC(S(=O)(=O)Nc3cc(C)ccc3OC)CN2)o1. The fraction of sp³-hybridized carbons (Fsp3) is 0.500. The molecular weight excluding hydrogens is 344 g/mol. The minimum absolute atomic E-state index is 0.256. The highest BCUT2D eigenvalue weighted by atomic mass is 32.2. The quantitative estimate of drug-likeness (QED) is 0.803. The molecule has 0 amide bonds. The van der Waals surface area contributed by atoms with Gasteiger partial charge in [-0.3, -0.25) is 4.72 Å². The van der Waals surface area contributed by atoms with Gasteiger partial charge < -0.3 is 14.5 Å². The average molecular weight is 366 g/mol. The average Bonchev–Trinajstić information content (AvgIpc) is 3.24. The third kappa shape index (κ3) is 3.77. The lowest BCUT2D eigenvalue weighted by Gasteiger charge is -2.16. The first kappa shape index (κ1) is 17.7. The second kappa shape index (κ2) is 7.01. The molecule has 2 N–H and O–H groups in total. The van der Waals surface area contributed by atoms with E-state index >= 15 is 0 Å². The second-order valence-corrected chi connectivity index (χ2v) is 8.02. The maximum absolute atomic E-state index is 12.7. The Bertz CT molecular complexity index is 850. The van der Waals surface area contributed by atoms with Crippen molar-refractivity contribution in [1.82, 2.24) is 15.5 Å². The van der Waals surface area contributed by atoms with Crippen LogP contribution in [-0.4, -0.2) is 37.5 Å². The third-order valence-corrected chi connectivity index (χ3v) is 5.96. The highest BCUT2D eigenvalue weighted by Gasteiger charge is 2.37. The molecule has 1 saturated heterocycles. The lowest BCUT2D eigenvalue weighted by molar-refractivity contribution is 0.405. The van der Waals surface area contributed by atoms with E-state index in [0.29, 0.717) is 42.6 Å². The number of anilines is 1. The number of nitrogens with zero attached hydrogens (tertiary/aromatic N) is 2. The molecule has 0 bridgehead atoms. The Morgan fingerprint density at radius 1 is 1.40 bits per heavy atom. The molecule has 0 spiro atoms. The van der Waals surface area contributed by atoms with Gasteiger partial charge in [0, 0.05) is 13.0 Å². The summed E-state index contributed by atoms with van der Waals surface area (Å²) in [7, 11) is -2.07. The topological polar surface area (TPSA) is 106 Å². The zero-order valence-electron chi connectivity index (χ0n) is 14.4. The van der Waals surface area contributed by atoms with Crippen LogP contribution in [0.3, 0.4) is 0 Å². The molecule has 1 fully saturated rings. The van der Waals surface area contributed by atoms with Crippen molar-refractivity contribution in [3.63, 3.8) is 0 Å². The zero-order chi connectivity index (χ0) is 18.0. The van der Waals surface area contributed by atoms with Crippen LogP contribution in [0.5, 0.6) is 5.75 Å². The minimum Gasteiger partial charge on any atom is -0.495 e. The molecule has 8 nitrogen and oxygen atoms in total. The number of ether oxygens (including phenoxy) is 1. The predicted molar refractivity (Wildman–Crippen MR) is 93.1 cm³/mol. The molecule has 1 aromatic heterocycles. The maximum atomic E-state index is 12.7. The van der Waals surface area contributed by atoms with Gasteiger partial charge in [-0.15, -0.1) is 10.2 Å². The van der Waals surface area contributed by atoms with Crippen molar-refractivity contribution in [1.29, 1.82) is 0 Å². The summed E-state index contributed by atoms with van der Waals surface area (Å²) in [5.41, 5.74) is 1.39. The first-order valence-electron chi connectivity index (χ1n) is 8.15. The maximum Gasteiger partial charge on any atom is 0.237 e. The summed E-state index contributed by atoms with van der Waals surface area (Å²) in [4.78, 5) is 0. The van der Waals surface area contributed by atoms with Gasteiger partial charge in [-0.25, -0.2) is 8.42 Å². The Morgan fingerprint density at radius 3 is 2.88 bits per heavy atom. The molecule has 1 aliphatic rings. The van der Waals surface area contributed by atoms with Gasteiger partial charge in [0.05, 0.1) is 24.1 Å². The fourth-order valence-electron chi connectivity index (χ4n) is 2.82. The van der Waals surface area contributed by atoms with Crippen molar-refractivity contribution in [2.24, 2.45) is 0 Å². The van der Waals surface area contributed by atoms with Crippen molar-refractivity contribution >= 4 is 15.7 Å². The number of hydrogen-bond acceptors (Lipinski definition) is 7. The summed E-state index contributed by atoms with van der Waals surface area (Å²) >= 11 is 0. The molecule has 136 valence electrons. The normalized spacial score (nSPS) is 20.6. The van der Waals surface area contributed by atoms with Crippen LogP contribution in [0.2, 0.25) is 0 Å². The largest absolute Gasteiger partial charge is 0.495 e. The highest BCUT2D eigenvalue weighted by Crippen LogP contribution is 2.30. The number of sulfonamides is 1. The summed E-state index contributed by atoms with van der Waals surface area (Å²) < 4.78 is 38.9. The van der Waals surface area contributed by atoms with Crippen molar-refractivity contribution in [2.75, 3.05) is 18.4 Å². The number of hydrogen-bond donors (Lipinski definition) is 2. The molecule has 2 heterocycles. The smallest absolute Gasteiger partial charge is 0.237 e. The molecule has 2 aromatic rings. The van der Waals surface area contributed by atoms with Gasteiger partial charge in [-0.1, -0.05) is 13.0 Å². The Morgan fingerprint density at radius 2 is 2.20 bits per heavy atom. The summed E-state index contributed by atoms with van der Waals surface area (Å²) in [6.07, 6.45) is 1.02. The molecular formula is C16H22N4O4S. The van der Waals surface area contributed by atoms with Crippen molar-refractivity contribution in [3.8, 4) is 5.75 Å². The summed E-state index contributed by atoms with van der Waals surface area (Å²) in [5.74, 6) is 1.47. The molecule has 0 radical (unpaired) electrons. The van der Waals surface area contributed by atoms with Gasteiger partial charge in [-0.2, -0.15) is 0 Å². The van der Waals surface area contributed by atoms with Gasteiger partial charge >= 0.3 is 0 Å². The fourth-order valence-corrected chi connectivity index (χ4v) is 4.21. The monoisotopic (exact) mass is 366 g/mol. The number of aryl methyl sites for hydroxylation is 2. The first-order chi connectivity index (χ1) is 11.9. The second-order valence-electron chi connectivity index (χ2n) is 6.06. The van der Waals surface area contributed by atoms with Gasteiger partial charge in [0.1, 0.15) is 5.75 Å². The standard InChI is InChI=1S/C16H22N4O4S/c1-4-15-18-19-16(24-15)13-8-11(9-17-13)25(21,22)20-12-7-10(2)5-6-14(12)23-3/h5-7,11,13,17,20H,4,8-9H2,1-3H3. The molecule has 1 aromatic carbocycles. The summed E-state index contributed by atoms with van der Waals surface area (Å²) in [5, 5.41) is 10.5. The van der Waals surface area contributed by atoms with Gasteiger partial charge in [0.15, 0.2) is 0 Å². The van der Waals surface area contributed by atoms with E-state index < -0.39 is 15.3 Å². The lowest BCUT2D eigenvalue weighted by atomic mass is 10.2. The number of aromatic nitrogens is 2. The van der Waals surface area contributed by atoms with Gasteiger partial charge in [-0.05, 0) is 31.0 Å². The zero-order valence-corrected chi connectivity index (χ0v) is 15.3. The van der Waals surface area contributed by atoms with Crippen LogP contribution in [0.15, 0.2) is 22.6 Å². The third-order valence-electron chi connectivity index (χ3n) is 4.22. The number of rotatable bonds is 6. The molecule has 3 rings (SSSR count). The van der Waals surface area contributed by atoms with Crippen LogP contribution < -0.4 is 14.8 Å². The lowest BCUT2D eigenvalue weighted by Crippen LogP contribution is -2.29. The molecule has 0 saturated carbocycles. The van der Waals surface area contributed by atoms with Crippen LogP contribution >= 0.6 is 0 Å². The van der Waals surface area contributed by atoms with E-state index in [9.17, 15) is 8.42 Å². The molecule has 1 aliphatic heterocycles. The van der Waals surface area contributed by atoms with E-state index in [0.717, 1.165) is 5.56 Å². The van der Waals surface area contributed by atoms with Crippen molar-refractivity contribution < 1.29 is 17.6 Å². The Kier molecular flexibility index (Phi) is 4.96. The van der Waals surface area contributed by atoms with Crippen molar-refractivity contribution in [2.45, 2.75) is 38.0 Å². The summed E-state index contributed by atoms with van der Waals surface area (Å²) in [6, 6.07) is 5.11. The van der Waals surface area contributed by atoms with Gasteiger partial charge in [0.25, 0.3) is 0 Å². The molecule has 2 unspecified atom stereocenters.